The highest BCUT2D eigenvalue weighted by Gasteiger charge is 2.01. The molecule has 0 N–H and O–H groups in total. The summed E-state index contributed by atoms with van der Waals surface area (Å²) < 4.78 is 16.0. The van der Waals surface area contributed by atoms with E-state index in [0.717, 1.165) is 32.3 Å². The second-order valence-corrected chi connectivity index (χ2v) is 5.32. The Balaban J connectivity index is 3.06. The maximum atomic E-state index is 11.3. The van der Waals surface area contributed by atoms with Crippen LogP contribution in [0, 0.1) is 0 Å². The molecule has 0 amide bonds. The van der Waals surface area contributed by atoms with Crippen molar-refractivity contribution in [1.82, 2.24) is 0 Å². The van der Waals surface area contributed by atoms with E-state index in [9.17, 15) is 4.79 Å². The molecule has 0 fully saturated rings. The molecule has 0 aromatic carbocycles. The summed E-state index contributed by atoms with van der Waals surface area (Å²) in [6.07, 6.45) is 9.48. The van der Waals surface area contributed by atoms with E-state index in [0.29, 0.717) is 32.8 Å². The average molecular weight is 302 g/mol. The van der Waals surface area contributed by atoms with Crippen LogP contribution in [0.5, 0.6) is 0 Å². The monoisotopic (exact) mass is 302 g/mol. The lowest BCUT2D eigenvalue weighted by Crippen LogP contribution is -2.09. The predicted molar refractivity (Wildman–Crippen MR) is 85.5 cm³/mol. The van der Waals surface area contributed by atoms with Crippen LogP contribution in [0.3, 0.4) is 0 Å². The Bertz CT molecular complexity index is 219. The van der Waals surface area contributed by atoms with Crippen molar-refractivity contribution in [3.63, 3.8) is 0 Å². The molecule has 0 bridgehead atoms. The van der Waals surface area contributed by atoms with Crippen molar-refractivity contribution in [2.75, 3.05) is 33.0 Å². The van der Waals surface area contributed by atoms with E-state index < -0.39 is 0 Å². The third-order valence-electron chi connectivity index (χ3n) is 3.19. The standard InChI is InChI=1S/C17H34O4/c1-3-5-7-8-9-12-19-15-16-20-13-10-11-17(18)21-14-6-4-2/h3-16H2,1-2H3. The van der Waals surface area contributed by atoms with Crippen LogP contribution < -0.4 is 0 Å². The van der Waals surface area contributed by atoms with E-state index in [1.807, 2.05) is 0 Å². The van der Waals surface area contributed by atoms with E-state index in [2.05, 4.69) is 13.8 Å². The zero-order chi connectivity index (χ0) is 15.6. The van der Waals surface area contributed by atoms with Gasteiger partial charge in [0.2, 0.25) is 0 Å². The highest BCUT2D eigenvalue weighted by atomic mass is 16.5. The van der Waals surface area contributed by atoms with Gasteiger partial charge >= 0.3 is 5.97 Å². The van der Waals surface area contributed by atoms with Crippen LogP contribution in [0.2, 0.25) is 0 Å². The molecule has 0 radical (unpaired) electrons. The van der Waals surface area contributed by atoms with Gasteiger partial charge in [0, 0.05) is 19.6 Å². The van der Waals surface area contributed by atoms with Crippen molar-refractivity contribution in [2.24, 2.45) is 0 Å². The van der Waals surface area contributed by atoms with E-state index in [1.54, 1.807) is 0 Å². The van der Waals surface area contributed by atoms with Gasteiger partial charge in [0.05, 0.1) is 19.8 Å². The van der Waals surface area contributed by atoms with Crippen LogP contribution in [0.4, 0.5) is 0 Å². The topological polar surface area (TPSA) is 44.8 Å². The Labute approximate surface area is 130 Å². The molecule has 0 aliphatic rings. The first-order chi connectivity index (χ1) is 10.3. The van der Waals surface area contributed by atoms with Crippen molar-refractivity contribution in [3.05, 3.63) is 0 Å². The minimum atomic E-state index is -0.115. The van der Waals surface area contributed by atoms with Gasteiger partial charge in [-0.15, -0.1) is 0 Å². The second-order valence-electron chi connectivity index (χ2n) is 5.32. The number of rotatable bonds is 16. The van der Waals surface area contributed by atoms with Crippen LogP contribution >= 0.6 is 0 Å². The zero-order valence-electron chi connectivity index (χ0n) is 14.0. The molecule has 0 aliphatic carbocycles. The van der Waals surface area contributed by atoms with E-state index in [1.165, 1.54) is 25.7 Å². The van der Waals surface area contributed by atoms with Crippen molar-refractivity contribution < 1.29 is 19.0 Å². The Morgan fingerprint density at radius 2 is 1.29 bits per heavy atom. The molecular weight excluding hydrogens is 268 g/mol. The smallest absolute Gasteiger partial charge is 0.305 e. The maximum Gasteiger partial charge on any atom is 0.305 e. The number of carbonyl (C=O) groups excluding carboxylic acids is 1. The fourth-order valence-electron chi connectivity index (χ4n) is 1.85. The lowest BCUT2D eigenvalue weighted by Gasteiger charge is -2.06. The number of hydrogen-bond donors (Lipinski definition) is 0. The van der Waals surface area contributed by atoms with E-state index in [-0.39, 0.29) is 5.97 Å². The van der Waals surface area contributed by atoms with Crippen LogP contribution in [0.15, 0.2) is 0 Å². The van der Waals surface area contributed by atoms with Gasteiger partial charge in [-0.25, -0.2) is 0 Å². The Morgan fingerprint density at radius 3 is 1.95 bits per heavy atom. The molecule has 0 unspecified atom stereocenters. The summed E-state index contributed by atoms with van der Waals surface area (Å²) in [5, 5.41) is 0. The minimum Gasteiger partial charge on any atom is -0.466 e. The summed E-state index contributed by atoms with van der Waals surface area (Å²) in [5.41, 5.74) is 0. The molecule has 0 saturated carbocycles. The molecule has 0 aliphatic heterocycles. The van der Waals surface area contributed by atoms with Crippen molar-refractivity contribution in [2.45, 2.75) is 71.6 Å². The third kappa shape index (κ3) is 17.3. The fraction of sp³-hybridized carbons (Fsp3) is 0.941. The normalized spacial score (nSPS) is 10.8. The highest BCUT2D eigenvalue weighted by molar-refractivity contribution is 5.69. The predicted octanol–water partition coefficient (Wildman–Crippen LogP) is 4.11. The van der Waals surface area contributed by atoms with Crippen LogP contribution in [0.25, 0.3) is 0 Å². The lowest BCUT2D eigenvalue weighted by atomic mass is 10.2. The van der Waals surface area contributed by atoms with E-state index in [4.69, 9.17) is 14.2 Å². The lowest BCUT2D eigenvalue weighted by molar-refractivity contribution is -0.144. The van der Waals surface area contributed by atoms with Gasteiger partial charge in [-0.2, -0.15) is 0 Å². The number of carbonyl (C=O) groups is 1. The summed E-state index contributed by atoms with van der Waals surface area (Å²) in [4.78, 5) is 11.3. The first-order valence-corrected chi connectivity index (χ1v) is 8.62. The number of hydrogen-bond acceptors (Lipinski definition) is 4. The molecule has 0 atom stereocenters. The van der Waals surface area contributed by atoms with Crippen molar-refractivity contribution in [3.8, 4) is 0 Å². The van der Waals surface area contributed by atoms with Gasteiger partial charge in [0.15, 0.2) is 0 Å². The van der Waals surface area contributed by atoms with Gasteiger partial charge in [-0.05, 0) is 19.3 Å². The SMILES string of the molecule is CCCCCCCOCCOCCCC(=O)OCCCC. The Morgan fingerprint density at radius 1 is 0.667 bits per heavy atom. The first-order valence-electron chi connectivity index (χ1n) is 8.62. The minimum absolute atomic E-state index is 0.115. The van der Waals surface area contributed by atoms with E-state index >= 15 is 0 Å². The van der Waals surface area contributed by atoms with Gasteiger partial charge < -0.3 is 14.2 Å². The molecule has 0 saturated heterocycles. The number of unbranched alkanes of at least 4 members (excludes halogenated alkanes) is 5. The maximum absolute atomic E-state index is 11.3. The molecule has 0 heterocycles. The van der Waals surface area contributed by atoms with Crippen LogP contribution in [-0.4, -0.2) is 39.0 Å². The van der Waals surface area contributed by atoms with Gasteiger partial charge in [-0.3, -0.25) is 4.79 Å². The quantitative estimate of drug-likeness (QED) is 0.318. The fourth-order valence-corrected chi connectivity index (χ4v) is 1.85. The molecule has 4 heteroatoms. The summed E-state index contributed by atoms with van der Waals surface area (Å²) >= 11 is 0. The molecule has 0 aromatic rings. The van der Waals surface area contributed by atoms with Gasteiger partial charge in [0.1, 0.15) is 0 Å². The molecule has 126 valence electrons. The number of ether oxygens (including phenoxy) is 3. The Kier molecular flexibility index (Phi) is 16.9. The summed E-state index contributed by atoms with van der Waals surface area (Å²) in [7, 11) is 0. The van der Waals surface area contributed by atoms with Crippen LogP contribution in [-0.2, 0) is 19.0 Å². The van der Waals surface area contributed by atoms with Crippen LogP contribution in [0.1, 0.15) is 71.6 Å². The summed E-state index contributed by atoms with van der Waals surface area (Å²) in [5.74, 6) is -0.115. The first kappa shape index (κ1) is 20.4. The van der Waals surface area contributed by atoms with Gasteiger partial charge in [-0.1, -0.05) is 46.0 Å². The molecule has 0 spiro atoms. The molecule has 0 rings (SSSR count). The van der Waals surface area contributed by atoms with Gasteiger partial charge in [0.25, 0.3) is 0 Å². The summed E-state index contributed by atoms with van der Waals surface area (Å²) in [6.45, 7) is 7.53. The van der Waals surface area contributed by atoms with Crippen molar-refractivity contribution >= 4 is 5.97 Å². The second kappa shape index (κ2) is 17.4. The molecule has 21 heavy (non-hydrogen) atoms. The zero-order valence-corrected chi connectivity index (χ0v) is 14.0. The van der Waals surface area contributed by atoms with Crippen molar-refractivity contribution in [1.29, 1.82) is 0 Å². The Hall–Kier alpha value is -0.610. The highest BCUT2D eigenvalue weighted by Crippen LogP contribution is 2.02. The third-order valence-corrected chi connectivity index (χ3v) is 3.19. The number of esters is 1. The molecule has 0 aromatic heterocycles. The largest absolute Gasteiger partial charge is 0.466 e. The molecular formula is C17H34O4. The summed E-state index contributed by atoms with van der Waals surface area (Å²) in [6, 6.07) is 0. The molecule has 4 nitrogen and oxygen atoms in total. The average Bonchev–Trinajstić information content (AvgIpc) is 2.48.